The lowest BCUT2D eigenvalue weighted by Gasteiger charge is -2.19. The Labute approximate surface area is 177 Å². The van der Waals surface area contributed by atoms with E-state index in [4.69, 9.17) is 37.7 Å². The molecule has 2 aromatic carbocycles. The van der Waals surface area contributed by atoms with E-state index in [0.29, 0.717) is 23.3 Å². The molecule has 1 heterocycles. The molecule has 0 saturated heterocycles. The van der Waals surface area contributed by atoms with Crippen LogP contribution >= 0.6 is 23.2 Å². The molecule has 1 aliphatic rings. The highest BCUT2D eigenvalue weighted by atomic mass is 35.5. The Morgan fingerprint density at radius 2 is 1.86 bits per heavy atom. The van der Waals surface area contributed by atoms with Crippen molar-refractivity contribution in [1.82, 2.24) is 0 Å². The van der Waals surface area contributed by atoms with Crippen molar-refractivity contribution in [1.29, 1.82) is 0 Å². The number of hydrogen-bond donors (Lipinski definition) is 0. The van der Waals surface area contributed by atoms with Gasteiger partial charge in [0.05, 0.1) is 18.9 Å². The molecular weight excluding hydrogens is 393 g/mol. The molecule has 1 aliphatic heterocycles. The topological polar surface area (TPSA) is 30.8 Å². The Bertz CT molecular complexity index is 890. The van der Waals surface area contributed by atoms with Gasteiger partial charge in [0.1, 0.15) is 0 Å². The van der Waals surface area contributed by atoms with Crippen LogP contribution in [0.3, 0.4) is 0 Å². The van der Waals surface area contributed by atoms with Crippen molar-refractivity contribution in [3.05, 3.63) is 63.1 Å². The molecule has 0 amide bonds. The number of allylic oxidation sites excluding steroid dienone is 1. The fraction of sp³-hybridized carbons (Fsp3) is 0.348. The molecule has 0 saturated carbocycles. The molecule has 0 unspecified atom stereocenters. The average Bonchev–Trinajstić information content (AvgIpc) is 2.68. The van der Waals surface area contributed by atoms with Crippen molar-refractivity contribution in [3.63, 3.8) is 0 Å². The van der Waals surface area contributed by atoms with Crippen LogP contribution in [0.2, 0.25) is 10.0 Å². The van der Waals surface area contributed by atoms with Crippen LogP contribution in [0.5, 0.6) is 11.5 Å². The van der Waals surface area contributed by atoms with Crippen molar-refractivity contribution in [3.8, 4) is 11.5 Å². The van der Waals surface area contributed by atoms with Gasteiger partial charge in [0, 0.05) is 22.2 Å². The van der Waals surface area contributed by atoms with Crippen molar-refractivity contribution in [2.24, 2.45) is 4.99 Å². The highest BCUT2D eigenvalue weighted by molar-refractivity contribution is 6.35. The summed E-state index contributed by atoms with van der Waals surface area (Å²) in [6.45, 7) is 6.18. The number of nitrogens with zero attached hydrogens (tertiary/aromatic N) is 1. The predicted molar refractivity (Wildman–Crippen MR) is 119 cm³/mol. The molecule has 0 aliphatic carbocycles. The van der Waals surface area contributed by atoms with Crippen molar-refractivity contribution in [2.75, 3.05) is 19.8 Å². The molecule has 0 fully saturated rings. The van der Waals surface area contributed by atoms with E-state index in [0.717, 1.165) is 54.1 Å². The van der Waals surface area contributed by atoms with Gasteiger partial charge in [-0.25, -0.2) is 0 Å². The highest BCUT2D eigenvalue weighted by Gasteiger charge is 2.17. The maximum Gasteiger partial charge on any atom is 0.161 e. The molecule has 0 bridgehead atoms. The molecule has 0 radical (unpaired) electrons. The lowest BCUT2D eigenvalue weighted by Crippen LogP contribution is -2.12. The quantitative estimate of drug-likeness (QED) is 0.451. The normalized spacial score (nSPS) is 13.4. The smallest absolute Gasteiger partial charge is 0.161 e. The van der Waals surface area contributed by atoms with Crippen LogP contribution in [0.15, 0.2) is 41.4 Å². The SMILES string of the molecule is CCCCOc1cc2c(cc1OCC)C(C=Cc1ccc(Cl)cc1Cl)=NCC2. The van der Waals surface area contributed by atoms with Crippen LogP contribution in [0, 0.1) is 0 Å². The van der Waals surface area contributed by atoms with E-state index < -0.39 is 0 Å². The first-order valence-electron chi connectivity index (χ1n) is 9.72. The third-order valence-electron chi connectivity index (χ3n) is 4.55. The molecule has 0 spiro atoms. The van der Waals surface area contributed by atoms with Crippen LogP contribution in [-0.2, 0) is 6.42 Å². The fourth-order valence-corrected chi connectivity index (χ4v) is 3.56. The maximum absolute atomic E-state index is 6.28. The second-order valence-electron chi connectivity index (χ2n) is 6.61. The Morgan fingerprint density at radius 3 is 2.61 bits per heavy atom. The number of aliphatic imine (C=N–C) groups is 1. The Morgan fingerprint density at radius 1 is 1.04 bits per heavy atom. The van der Waals surface area contributed by atoms with E-state index >= 15 is 0 Å². The van der Waals surface area contributed by atoms with Gasteiger partial charge in [-0.3, -0.25) is 4.99 Å². The molecule has 0 aromatic heterocycles. The van der Waals surface area contributed by atoms with Crippen molar-refractivity contribution in [2.45, 2.75) is 33.1 Å². The van der Waals surface area contributed by atoms with Gasteiger partial charge in [0.25, 0.3) is 0 Å². The van der Waals surface area contributed by atoms with Crippen LogP contribution in [0.1, 0.15) is 43.4 Å². The largest absolute Gasteiger partial charge is 0.490 e. The molecule has 0 atom stereocenters. The summed E-state index contributed by atoms with van der Waals surface area (Å²) in [7, 11) is 0. The van der Waals surface area contributed by atoms with Crippen LogP contribution < -0.4 is 9.47 Å². The summed E-state index contributed by atoms with van der Waals surface area (Å²) >= 11 is 12.3. The minimum absolute atomic E-state index is 0.589. The van der Waals surface area contributed by atoms with Gasteiger partial charge in [-0.2, -0.15) is 0 Å². The zero-order valence-electron chi connectivity index (χ0n) is 16.3. The van der Waals surface area contributed by atoms with E-state index in [1.54, 1.807) is 6.07 Å². The fourth-order valence-electron chi connectivity index (χ4n) is 3.08. The van der Waals surface area contributed by atoms with Crippen molar-refractivity contribution < 1.29 is 9.47 Å². The maximum atomic E-state index is 6.28. The highest BCUT2D eigenvalue weighted by Crippen LogP contribution is 2.34. The summed E-state index contributed by atoms with van der Waals surface area (Å²) in [6.07, 6.45) is 6.99. The molecule has 3 rings (SSSR count). The average molecular weight is 418 g/mol. The first-order valence-corrected chi connectivity index (χ1v) is 10.5. The Kier molecular flexibility index (Phi) is 7.41. The monoisotopic (exact) mass is 417 g/mol. The van der Waals surface area contributed by atoms with E-state index in [9.17, 15) is 0 Å². The van der Waals surface area contributed by atoms with Crippen molar-refractivity contribution >= 4 is 35.0 Å². The van der Waals surface area contributed by atoms with Gasteiger partial charge in [0.15, 0.2) is 11.5 Å². The van der Waals surface area contributed by atoms with Crippen LogP contribution in [0.25, 0.3) is 6.08 Å². The number of halogens is 2. The molecule has 148 valence electrons. The van der Waals surface area contributed by atoms with Crippen LogP contribution in [0.4, 0.5) is 0 Å². The first-order chi connectivity index (χ1) is 13.6. The zero-order valence-corrected chi connectivity index (χ0v) is 17.8. The predicted octanol–water partition coefficient (Wildman–Crippen LogP) is 6.63. The van der Waals surface area contributed by atoms with Gasteiger partial charge in [0.2, 0.25) is 0 Å². The van der Waals surface area contributed by atoms with Gasteiger partial charge in [-0.05, 0) is 61.2 Å². The molecule has 3 nitrogen and oxygen atoms in total. The summed E-state index contributed by atoms with van der Waals surface area (Å²) < 4.78 is 11.8. The molecular formula is C23H25Cl2NO2. The lowest BCUT2D eigenvalue weighted by molar-refractivity contribution is 0.272. The van der Waals surface area contributed by atoms with Gasteiger partial charge in [-0.1, -0.05) is 48.7 Å². The Hall–Kier alpha value is -1.97. The van der Waals surface area contributed by atoms with E-state index in [1.165, 1.54) is 5.56 Å². The molecule has 28 heavy (non-hydrogen) atoms. The molecule has 5 heteroatoms. The summed E-state index contributed by atoms with van der Waals surface area (Å²) in [5.74, 6) is 1.59. The Balaban J connectivity index is 1.89. The summed E-state index contributed by atoms with van der Waals surface area (Å²) in [4.78, 5) is 4.70. The summed E-state index contributed by atoms with van der Waals surface area (Å²) in [5.41, 5.74) is 4.14. The standard InChI is InChI=1S/C23H25Cl2NO2/c1-3-5-12-28-22-13-17-10-11-26-21(19(17)15-23(22)27-4-2)9-7-16-6-8-18(24)14-20(16)25/h6-9,13-15H,3-5,10-12H2,1-2H3. The third kappa shape index (κ3) is 5.09. The number of benzene rings is 2. The van der Waals surface area contributed by atoms with Gasteiger partial charge in [-0.15, -0.1) is 0 Å². The zero-order chi connectivity index (χ0) is 19.9. The van der Waals surface area contributed by atoms with Crippen LogP contribution in [-0.4, -0.2) is 25.5 Å². The second kappa shape index (κ2) is 9.99. The summed E-state index contributed by atoms with van der Waals surface area (Å²) in [6, 6.07) is 9.63. The second-order valence-corrected chi connectivity index (χ2v) is 7.45. The molecule has 0 N–H and O–H groups in total. The van der Waals surface area contributed by atoms with E-state index in [1.807, 2.05) is 37.3 Å². The first kappa shape index (κ1) is 20.8. The van der Waals surface area contributed by atoms with E-state index in [2.05, 4.69) is 13.0 Å². The minimum atomic E-state index is 0.589. The van der Waals surface area contributed by atoms with E-state index in [-0.39, 0.29) is 0 Å². The van der Waals surface area contributed by atoms with Gasteiger partial charge < -0.3 is 9.47 Å². The number of rotatable bonds is 8. The number of ether oxygens (including phenoxy) is 2. The third-order valence-corrected chi connectivity index (χ3v) is 5.11. The van der Waals surface area contributed by atoms with Gasteiger partial charge >= 0.3 is 0 Å². The number of unbranched alkanes of at least 4 members (excludes halogenated alkanes) is 1. The molecule has 2 aromatic rings. The minimum Gasteiger partial charge on any atom is -0.490 e. The number of fused-ring (bicyclic) bond motifs is 1. The lowest BCUT2D eigenvalue weighted by atomic mass is 9.96. The summed E-state index contributed by atoms with van der Waals surface area (Å²) in [5, 5.41) is 1.24. The number of hydrogen-bond acceptors (Lipinski definition) is 3.